The van der Waals surface area contributed by atoms with Crippen LogP contribution in [0.1, 0.15) is 0 Å². The minimum Gasteiger partial charge on any atom is -0.495 e. The molecule has 2 aromatic carbocycles. The predicted molar refractivity (Wildman–Crippen MR) is 124 cm³/mol. The molecule has 34 heavy (non-hydrogen) atoms. The maximum absolute atomic E-state index is 13.6. The number of rotatable bonds is 7. The van der Waals surface area contributed by atoms with Crippen molar-refractivity contribution in [2.75, 3.05) is 45.2 Å². The molecule has 2 amide bonds. The highest BCUT2D eigenvalue weighted by Gasteiger charge is 2.67. The number of para-hydroxylation sites is 2. The van der Waals surface area contributed by atoms with E-state index in [-0.39, 0.29) is 11.8 Å². The summed E-state index contributed by atoms with van der Waals surface area (Å²) in [4.78, 5) is 28.7. The third-order valence-corrected chi connectivity index (χ3v) is 6.71. The van der Waals surface area contributed by atoms with Crippen LogP contribution in [0.25, 0.3) is 0 Å². The van der Waals surface area contributed by atoms with Crippen LogP contribution in [0.2, 0.25) is 0 Å². The quantitative estimate of drug-likeness (QED) is 0.627. The van der Waals surface area contributed by atoms with Crippen LogP contribution >= 0.6 is 0 Å². The lowest BCUT2D eigenvalue weighted by Crippen LogP contribution is -2.41. The molecule has 3 aliphatic heterocycles. The van der Waals surface area contributed by atoms with Gasteiger partial charge in [-0.1, -0.05) is 24.3 Å². The lowest BCUT2D eigenvalue weighted by molar-refractivity contribution is -0.128. The maximum atomic E-state index is 13.6. The molecule has 0 aromatic heterocycles. The molecule has 9 heteroatoms. The summed E-state index contributed by atoms with van der Waals surface area (Å²) < 4.78 is 27.8. The van der Waals surface area contributed by atoms with Crippen molar-refractivity contribution in [3.05, 3.63) is 48.6 Å². The number of amides is 2. The van der Waals surface area contributed by atoms with E-state index in [4.69, 9.17) is 23.7 Å². The fraction of sp³-hybridized carbons (Fsp3) is 0.360. The van der Waals surface area contributed by atoms with Gasteiger partial charge in [0.1, 0.15) is 11.4 Å². The van der Waals surface area contributed by atoms with Gasteiger partial charge in [-0.25, -0.2) is 0 Å². The van der Waals surface area contributed by atoms with E-state index >= 15 is 0 Å². The second kappa shape index (κ2) is 8.25. The van der Waals surface area contributed by atoms with Gasteiger partial charge >= 0.3 is 0 Å². The van der Waals surface area contributed by atoms with E-state index in [0.29, 0.717) is 40.9 Å². The fourth-order valence-corrected chi connectivity index (χ4v) is 5.23. The van der Waals surface area contributed by atoms with Crippen molar-refractivity contribution in [2.45, 2.75) is 11.7 Å². The number of benzene rings is 2. The second-order valence-corrected chi connectivity index (χ2v) is 8.40. The number of hydrogen-bond donors (Lipinski definition) is 1. The monoisotopic (exact) mass is 466 g/mol. The molecule has 1 spiro atoms. The van der Waals surface area contributed by atoms with E-state index in [1.807, 2.05) is 30.4 Å². The molecule has 4 atom stereocenters. The number of ether oxygens (including phenoxy) is 5. The summed E-state index contributed by atoms with van der Waals surface area (Å²) in [5.41, 5.74) is 0.273. The molecule has 2 fully saturated rings. The van der Waals surface area contributed by atoms with Crippen LogP contribution in [0.4, 0.5) is 11.4 Å². The van der Waals surface area contributed by atoms with Crippen molar-refractivity contribution in [1.29, 1.82) is 0 Å². The van der Waals surface area contributed by atoms with Gasteiger partial charge in [0, 0.05) is 17.8 Å². The first kappa shape index (κ1) is 22.1. The minimum absolute atomic E-state index is 0.165. The van der Waals surface area contributed by atoms with Crippen molar-refractivity contribution in [1.82, 2.24) is 0 Å². The van der Waals surface area contributed by atoms with Gasteiger partial charge < -0.3 is 33.9 Å². The molecule has 3 unspecified atom stereocenters. The van der Waals surface area contributed by atoms with Gasteiger partial charge in [-0.3, -0.25) is 9.59 Å². The lowest BCUT2D eigenvalue weighted by atomic mass is 9.76. The third kappa shape index (κ3) is 3.19. The van der Waals surface area contributed by atoms with E-state index in [1.54, 1.807) is 30.2 Å². The van der Waals surface area contributed by atoms with Crippen LogP contribution in [0.15, 0.2) is 48.6 Å². The Morgan fingerprint density at radius 2 is 1.71 bits per heavy atom. The van der Waals surface area contributed by atoms with E-state index in [9.17, 15) is 9.59 Å². The van der Waals surface area contributed by atoms with Crippen molar-refractivity contribution in [3.8, 4) is 23.0 Å². The van der Waals surface area contributed by atoms with Gasteiger partial charge in [-0.15, -0.1) is 0 Å². The summed E-state index contributed by atoms with van der Waals surface area (Å²) in [6.45, 7) is 0.317. The maximum Gasteiger partial charge on any atom is 0.234 e. The minimum atomic E-state index is -0.847. The molecule has 0 radical (unpaired) electrons. The number of carbonyl (C=O) groups excluding carboxylic acids is 2. The Morgan fingerprint density at radius 1 is 1.03 bits per heavy atom. The fourth-order valence-electron chi connectivity index (χ4n) is 5.23. The highest BCUT2D eigenvalue weighted by atomic mass is 16.5. The zero-order chi connectivity index (χ0) is 24.0. The third-order valence-electron chi connectivity index (χ3n) is 6.71. The molecule has 2 saturated heterocycles. The highest BCUT2D eigenvalue weighted by molar-refractivity contribution is 6.06. The smallest absolute Gasteiger partial charge is 0.234 e. The molecule has 3 heterocycles. The van der Waals surface area contributed by atoms with Crippen LogP contribution < -0.4 is 29.2 Å². The van der Waals surface area contributed by atoms with Gasteiger partial charge in [-0.2, -0.15) is 0 Å². The molecular weight excluding hydrogens is 440 g/mol. The first-order valence-corrected chi connectivity index (χ1v) is 10.9. The van der Waals surface area contributed by atoms with E-state index < -0.39 is 23.5 Å². The summed E-state index contributed by atoms with van der Waals surface area (Å²) >= 11 is 0. The van der Waals surface area contributed by atoms with Gasteiger partial charge in [0.15, 0.2) is 11.5 Å². The Balaban J connectivity index is 1.44. The summed E-state index contributed by atoms with van der Waals surface area (Å²) in [5.74, 6) is 0.0302. The Labute approximate surface area is 197 Å². The van der Waals surface area contributed by atoms with Gasteiger partial charge in [-0.05, 0) is 12.1 Å². The van der Waals surface area contributed by atoms with Crippen molar-refractivity contribution in [2.24, 2.45) is 11.8 Å². The topological polar surface area (TPSA) is 95.6 Å². The molecule has 5 rings (SSSR count). The summed E-state index contributed by atoms with van der Waals surface area (Å²) in [6, 6.07) is 10.6. The molecule has 2 aromatic rings. The number of nitrogens with zero attached hydrogens (tertiary/aromatic N) is 1. The SMILES string of the molecule is COc1ccccc1N1C[C@@]23C=CC(O2)C(C(=O)Nc2cc(OC)c(OC)c(OC)c2)C3C1=O. The average Bonchev–Trinajstić information content (AvgIpc) is 3.51. The normalized spacial score (nSPS) is 26.4. The lowest BCUT2D eigenvalue weighted by Gasteiger charge is -2.24. The first-order chi connectivity index (χ1) is 16.5. The Kier molecular flexibility index (Phi) is 5.36. The Morgan fingerprint density at radius 3 is 2.35 bits per heavy atom. The number of carbonyl (C=O) groups is 2. The predicted octanol–water partition coefficient (Wildman–Crippen LogP) is 2.65. The van der Waals surface area contributed by atoms with Crippen LogP contribution in [-0.4, -0.2) is 58.5 Å². The number of methoxy groups -OCH3 is 4. The molecule has 2 bridgehead atoms. The highest BCUT2D eigenvalue weighted by Crippen LogP contribution is 2.53. The molecule has 178 valence electrons. The second-order valence-electron chi connectivity index (χ2n) is 8.40. The van der Waals surface area contributed by atoms with Gasteiger partial charge in [0.2, 0.25) is 17.6 Å². The number of fused-ring (bicyclic) bond motifs is 1. The van der Waals surface area contributed by atoms with E-state index in [2.05, 4.69) is 5.32 Å². The zero-order valence-electron chi connectivity index (χ0n) is 19.4. The van der Waals surface area contributed by atoms with Gasteiger partial charge in [0.25, 0.3) is 0 Å². The molecular formula is C25H26N2O7. The van der Waals surface area contributed by atoms with Crippen LogP contribution in [0.5, 0.6) is 23.0 Å². The summed E-state index contributed by atoms with van der Waals surface area (Å²) in [6.07, 6.45) is 3.31. The Bertz CT molecular complexity index is 1150. The average molecular weight is 466 g/mol. The number of hydrogen-bond acceptors (Lipinski definition) is 7. The molecule has 0 aliphatic carbocycles. The zero-order valence-corrected chi connectivity index (χ0v) is 19.4. The summed E-state index contributed by atoms with van der Waals surface area (Å²) in [7, 11) is 6.08. The van der Waals surface area contributed by atoms with Crippen molar-refractivity contribution >= 4 is 23.2 Å². The molecule has 0 saturated carbocycles. The van der Waals surface area contributed by atoms with Crippen molar-refractivity contribution < 1.29 is 33.3 Å². The first-order valence-electron chi connectivity index (χ1n) is 10.9. The molecule has 9 nitrogen and oxygen atoms in total. The van der Waals surface area contributed by atoms with Gasteiger partial charge in [0.05, 0.1) is 58.6 Å². The Hall–Kier alpha value is -3.72. The summed E-state index contributed by atoms with van der Waals surface area (Å²) in [5, 5.41) is 2.91. The number of nitrogens with one attached hydrogen (secondary N) is 1. The van der Waals surface area contributed by atoms with Crippen LogP contribution in [-0.2, 0) is 14.3 Å². The van der Waals surface area contributed by atoms with Crippen LogP contribution in [0, 0.1) is 11.8 Å². The van der Waals surface area contributed by atoms with Crippen LogP contribution in [0.3, 0.4) is 0 Å². The van der Waals surface area contributed by atoms with E-state index in [1.165, 1.54) is 21.3 Å². The molecule has 3 aliphatic rings. The number of anilines is 2. The standard InChI is InChI=1S/C25H26N2O7/c1-30-16-8-6-5-7-15(16)27-13-25-10-9-17(34-25)20(21(25)24(27)29)23(28)26-14-11-18(31-2)22(33-4)19(12-14)32-3/h5-12,17,20-21H,13H2,1-4H3,(H,26,28)/t17?,20?,21?,25-/m1/s1. The van der Waals surface area contributed by atoms with E-state index in [0.717, 1.165) is 0 Å². The molecule has 1 N–H and O–H groups in total. The van der Waals surface area contributed by atoms with Crippen molar-refractivity contribution in [3.63, 3.8) is 0 Å². The largest absolute Gasteiger partial charge is 0.495 e.